The molecule has 0 saturated heterocycles. The second-order valence-electron chi connectivity index (χ2n) is 16.3. The third kappa shape index (κ3) is 49.2. The molecule has 5 heteroatoms. The van der Waals surface area contributed by atoms with E-state index < -0.39 is 6.10 Å². The average molecular weight is 859 g/mol. The molecular weight excluding hydrogens is 765 g/mol. The van der Waals surface area contributed by atoms with Crippen molar-refractivity contribution >= 4 is 11.9 Å². The van der Waals surface area contributed by atoms with Crippen LogP contribution >= 0.6 is 0 Å². The summed E-state index contributed by atoms with van der Waals surface area (Å²) in [6.07, 6.45) is 71.0. The van der Waals surface area contributed by atoms with Crippen molar-refractivity contribution in [2.75, 3.05) is 19.8 Å². The maximum atomic E-state index is 12.8. The first-order valence-corrected chi connectivity index (χ1v) is 25.4. The van der Waals surface area contributed by atoms with Gasteiger partial charge in [0.25, 0.3) is 0 Å². The van der Waals surface area contributed by atoms with Gasteiger partial charge in [0.05, 0.1) is 6.61 Å². The molecule has 0 aliphatic heterocycles. The Morgan fingerprint density at radius 2 is 0.726 bits per heavy atom. The highest BCUT2D eigenvalue weighted by molar-refractivity contribution is 5.70. The number of hydrogen-bond donors (Lipinski definition) is 0. The normalized spacial score (nSPS) is 13.1. The topological polar surface area (TPSA) is 61.8 Å². The van der Waals surface area contributed by atoms with E-state index in [2.05, 4.69) is 130 Å². The molecule has 0 aliphatic carbocycles. The van der Waals surface area contributed by atoms with E-state index in [1.165, 1.54) is 57.8 Å². The molecule has 0 saturated carbocycles. The zero-order chi connectivity index (χ0) is 44.9. The second kappa shape index (κ2) is 51.9. The molecule has 0 aromatic rings. The van der Waals surface area contributed by atoms with Crippen LogP contribution in [0.4, 0.5) is 0 Å². The zero-order valence-electron chi connectivity index (χ0n) is 40.3. The summed E-state index contributed by atoms with van der Waals surface area (Å²) < 4.78 is 17.3. The lowest BCUT2D eigenvalue weighted by molar-refractivity contribution is -0.163. The number of esters is 2. The van der Waals surface area contributed by atoms with Crippen LogP contribution < -0.4 is 0 Å². The van der Waals surface area contributed by atoms with Gasteiger partial charge in [0.15, 0.2) is 6.10 Å². The standard InChI is InChI=1S/C57H94O5/c1-4-7-10-13-16-19-22-25-27-28-29-30-31-33-35-38-41-44-47-50-56(58)61-54-55(53-60-52-49-46-43-40-37-34-26-23-20-17-14-11-8-5-2)62-57(59)51-48-45-42-39-36-32-24-21-18-15-12-9-6-3/h8-9,11-12,16-21,25-27,29-30,32,34,36,55H,4-7,10,13-15,22-24,28,31,33,35,37-54H2,1-3H3/b11-8-,12-9-,19-16-,20-17-,21-18-,27-25-,30-29-,34-26-,36-32-. The smallest absolute Gasteiger partial charge is 0.306 e. The van der Waals surface area contributed by atoms with Gasteiger partial charge < -0.3 is 14.2 Å². The number of carbonyl (C=O) groups is 2. The van der Waals surface area contributed by atoms with E-state index in [9.17, 15) is 9.59 Å². The second-order valence-corrected chi connectivity index (χ2v) is 16.3. The van der Waals surface area contributed by atoms with Crippen molar-refractivity contribution in [3.8, 4) is 0 Å². The lowest BCUT2D eigenvalue weighted by Crippen LogP contribution is -2.30. The highest BCUT2D eigenvalue weighted by Gasteiger charge is 2.17. The number of hydrogen-bond acceptors (Lipinski definition) is 5. The lowest BCUT2D eigenvalue weighted by atomic mass is 10.1. The fraction of sp³-hybridized carbons (Fsp3) is 0.649. The Balaban J connectivity index is 4.36. The fourth-order valence-corrected chi connectivity index (χ4v) is 6.54. The number of ether oxygens (including phenoxy) is 3. The van der Waals surface area contributed by atoms with Crippen molar-refractivity contribution in [3.63, 3.8) is 0 Å². The predicted molar refractivity (Wildman–Crippen MR) is 269 cm³/mol. The first kappa shape index (κ1) is 58.6. The van der Waals surface area contributed by atoms with Crippen LogP contribution in [0.25, 0.3) is 0 Å². The Kier molecular flexibility index (Phi) is 49.0. The molecule has 1 atom stereocenters. The number of unbranched alkanes of at least 4 members (excludes halogenated alkanes) is 16. The highest BCUT2D eigenvalue weighted by atomic mass is 16.6. The molecule has 0 radical (unpaired) electrons. The monoisotopic (exact) mass is 859 g/mol. The van der Waals surface area contributed by atoms with Gasteiger partial charge in [-0.25, -0.2) is 0 Å². The van der Waals surface area contributed by atoms with Crippen molar-refractivity contribution in [3.05, 3.63) is 109 Å². The molecule has 0 rings (SSSR count). The highest BCUT2D eigenvalue weighted by Crippen LogP contribution is 2.12. The van der Waals surface area contributed by atoms with Gasteiger partial charge in [-0.05, 0) is 122 Å². The zero-order valence-corrected chi connectivity index (χ0v) is 40.3. The van der Waals surface area contributed by atoms with Crippen LogP contribution in [0.5, 0.6) is 0 Å². The Morgan fingerprint density at radius 3 is 1.18 bits per heavy atom. The maximum absolute atomic E-state index is 12.8. The lowest BCUT2D eigenvalue weighted by Gasteiger charge is -2.18. The van der Waals surface area contributed by atoms with Gasteiger partial charge in [0, 0.05) is 19.4 Å². The van der Waals surface area contributed by atoms with Gasteiger partial charge in [-0.2, -0.15) is 0 Å². The minimum atomic E-state index is -0.575. The van der Waals surface area contributed by atoms with Crippen molar-refractivity contribution in [2.45, 2.75) is 219 Å². The van der Waals surface area contributed by atoms with Gasteiger partial charge in [0.1, 0.15) is 6.61 Å². The van der Waals surface area contributed by atoms with Crippen molar-refractivity contribution in [2.24, 2.45) is 0 Å². The average Bonchev–Trinajstić information content (AvgIpc) is 3.27. The van der Waals surface area contributed by atoms with E-state index in [4.69, 9.17) is 14.2 Å². The van der Waals surface area contributed by atoms with Crippen LogP contribution in [0.1, 0.15) is 213 Å². The number of carbonyl (C=O) groups excluding carboxylic acids is 2. The number of allylic oxidation sites excluding steroid dienone is 18. The number of rotatable bonds is 45. The van der Waals surface area contributed by atoms with E-state index in [1.807, 2.05) is 0 Å². The van der Waals surface area contributed by atoms with Gasteiger partial charge in [-0.3, -0.25) is 9.59 Å². The Morgan fingerprint density at radius 1 is 0.371 bits per heavy atom. The van der Waals surface area contributed by atoms with Gasteiger partial charge in [0.2, 0.25) is 0 Å². The van der Waals surface area contributed by atoms with E-state index in [0.717, 1.165) is 122 Å². The summed E-state index contributed by atoms with van der Waals surface area (Å²) in [5.74, 6) is -0.465. The summed E-state index contributed by atoms with van der Waals surface area (Å²) in [6.45, 7) is 7.47. The first-order chi connectivity index (χ1) is 30.6. The molecule has 0 aromatic heterocycles. The van der Waals surface area contributed by atoms with Crippen LogP contribution in [-0.2, 0) is 23.8 Å². The molecule has 5 nitrogen and oxygen atoms in total. The van der Waals surface area contributed by atoms with E-state index in [-0.39, 0.29) is 25.2 Å². The van der Waals surface area contributed by atoms with Crippen LogP contribution in [0.3, 0.4) is 0 Å². The molecule has 0 spiro atoms. The van der Waals surface area contributed by atoms with Crippen LogP contribution in [-0.4, -0.2) is 37.9 Å². The molecule has 0 N–H and O–H groups in total. The van der Waals surface area contributed by atoms with E-state index in [1.54, 1.807) is 0 Å². The van der Waals surface area contributed by atoms with Gasteiger partial charge in [-0.15, -0.1) is 0 Å². The summed E-state index contributed by atoms with van der Waals surface area (Å²) in [7, 11) is 0. The minimum Gasteiger partial charge on any atom is -0.462 e. The molecule has 352 valence electrons. The molecule has 0 aromatic carbocycles. The van der Waals surface area contributed by atoms with Gasteiger partial charge >= 0.3 is 11.9 Å². The van der Waals surface area contributed by atoms with Crippen LogP contribution in [0, 0.1) is 0 Å². The van der Waals surface area contributed by atoms with E-state index in [0.29, 0.717) is 19.4 Å². The summed E-state index contributed by atoms with van der Waals surface area (Å²) in [5, 5.41) is 0. The first-order valence-electron chi connectivity index (χ1n) is 25.4. The third-order valence-electron chi connectivity index (χ3n) is 10.3. The SMILES string of the molecule is CC/C=C\C/C=C\C/C=C\CCCCCCOCC(COC(=O)CCCCCCCC/C=C\C/C=C\C/C=C\CCCCC)OC(=O)CCCCC/C=C\C/C=C\C/C=C\CC. The summed E-state index contributed by atoms with van der Waals surface area (Å²) in [5.41, 5.74) is 0. The maximum Gasteiger partial charge on any atom is 0.306 e. The van der Waals surface area contributed by atoms with Gasteiger partial charge in [-0.1, -0.05) is 188 Å². The van der Waals surface area contributed by atoms with Crippen LogP contribution in [0.15, 0.2) is 109 Å². The van der Waals surface area contributed by atoms with E-state index >= 15 is 0 Å². The Hall–Kier alpha value is -3.44. The Bertz CT molecular complexity index is 1250. The quantitative estimate of drug-likeness (QED) is 0.0347. The van der Waals surface area contributed by atoms with Crippen molar-refractivity contribution < 1.29 is 23.8 Å². The molecule has 0 aliphatic rings. The minimum absolute atomic E-state index is 0.0507. The van der Waals surface area contributed by atoms with Crippen LogP contribution in [0.2, 0.25) is 0 Å². The summed E-state index contributed by atoms with van der Waals surface area (Å²) in [6, 6.07) is 0. The molecule has 0 amide bonds. The molecule has 62 heavy (non-hydrogen) atoms. The van der Waals surface area contributed by atoms with Crippen molar-refractivity contribution in [1.82, 2.24) is 0 Å². The molecular formula is C57H94O5. The molecule has 0 fully saturated rings. The fourth-order valence-electron chi connectivity index (χ4n) is 6.54. The summed E-state index contributed by atoms with van der Waals surface area (Å²) in [4.78, 5) is 25.4. The third-order valence-corrected chi connectivity index (χ3v) is 10.3. The molecule has 1 unspecified atom stereocenters. The molecule has 0 bridgehead atoms. The Labute approximate surface area is 383 Å². The predicted octanol–water partition coefficient (Wildman–Crippen LogP) is 17.2. The molecule has 0 heterocycles. The summed E-state index contributed by atoms with van der Waals surface area (Å²) >= 11 is 0. The van der Waals surface area contributed by atoms with Crippen molar-refractivity contribution in [1.29, 1.82) is 0 Å². The largest absolute Gasteiger partial charge is 0.462 e.